The van der Waals surface area contributed by atoms with Crippen LogP contribution in [0.3, 0.4) is 0 Å². The molecule has 1 heterocycles. The number of carbonyl (C=O) groups is 6. The summed E-state index contributed by atoms with van der Waals surface area (Å²) in [4.78, 5) is 76.2. The fourth-order valence-corrected chi connectivity index (χ4v) is 13.1. The number of alkyl halides is 1. The third-order valence-electron chi connectivity index (χ3n) is 15.6. The number of ketones is 2. The number of fused-ring (bicyclic) bond motifs is 7. The van der Waals surface area contributed by atoms with E-state index in [0.29, 0.717) is 44.3 Å². The maximum atomic E-state index is 16.0. The van der Waals surface area contributed by atoms with Crippen LogP contribution in [0.15, 0.2) is 42.0 Å². The molecule has 5 N–H and O–H groups in total. The Morgan fingerprint density at radius 1 is 1.06 bits per heavy atom. The van der Waals surface area contributed by atoms with Gasteiger partial charge in [0.05, 0.1) is 30.2 Å². The van der Waals surface area contributed by atoms with Crippen molar-refractivity contribution in [1.82, 2.24) is 16.0 Å². The number of Topliss-reactive ketones (excluding diaryl/α,β-unsaturated/α-hetero) is 1. The number of ether oxygens (including phenoxy) is 4. The summed E-state index contributed by atoms with van der Waals surface area (Å²) in [7, 11) is 0. The summed E-state index contributed by atoms with van der Waals surface area (Å²) in [6.07, 6.45) is 6.87. The topological polar surface area (TPSA) is 216 Å². The second-order valence-electron chi connectivity index (χ2n) is 20.9. The molecule has 1 saturated heterocycles. The summed E-state index contributed by atoms with van der Waals surface area (Å²) < 4.78 is 40.7. The molecule has 17 heteroatoms. The Morgan fingerprint density at radius 2 is 1.80 bits per heavy atom. The van der Waals surface area contributed by atoms with E-state index in [1.54, 1.807) is 39.0 Å². The molecule has 10 atom stereocenters. The molecule has 0 bridgehead atoms. The van der Waals surface area contributed by atoms with Crippen molar-refractivity contribution >= 4 is 51.2 Å². The zero-order valence-corrected chi connectivity index (χ0v) is 39.2. The third kappa shape index (κ3) is 8.73. The average Bonchev–Trinajstić information content (AvgIpc) is 3.71. The van der Waals surface area contributed by atoms with Crippen LogP contribution in [0, 0.1) is 39.8 Å². The van der Waals surface area contributed by atoms with Crippen LogP contribution < -0.4 is 20.7 Å². The number of carbonyl (C=O) groups excluding carboxylic acids is 6. The summed E-state index contributed by atoms with van der Waals surface area (Å²) in [6.45, 7) is 8.10. The monoisotopic (exact) mass is 969 g/mol. The minimum absolute atomic E-state index is 0.00725. The van der Waals surface area contributed by atoms with Gasteiger partial charge in [0.2, 0.25) is 17.7 Å². The lowest BCUT2D eigenvalue weighted by atomic mass is 9.46. The Hall–Kier alpha value is -4.03. The van der Waals surface area contributed by atoms with Crippen molar-refractivity contribution in [2.75, 3.05) is 18.5 Å². The number of amides is 3. The zero-order valence-electron chi connectivity index (χ0n) is 37.6. The first-order valence-electron chi connectivity index (χ1n) is 22.8. The van der Waals surface area contributed by atoms with E-state index in [1.807, 2.05) is 13.0 Å². The largest absolute Gasteiger partial charge is 0.490 e. The van der Waals surface area contributed by atoms with Gasteiger partial charge in [-0.1, -0.05) is 41.4 Å². The number of allylic oxidation sites excluding steroid dienone is 4. The molecule has 1 spiro atoms. The highest BCUT2D eigenvalue weighted by molar-refractivity contribution is 9.09. The summed E-state index contributed by atoms with van der Waals surface area (Å²) in [6, 6.07) is 3.27. The van der Waals surface area contributed by atoms with E-state index in [2.05, 4.69) is 38.8 Å². The first-order valence-corrected chi connectivity index (χ1v) is 23.9. The van der Waals surface area contributed by atoms with Crippen LogP contribution in [0.25, 0.3) is 0 Å². The van der Waals surface area contributed by atoms with Gasteiger partial charge in [-0.2, -0.15) is 0 Å². The highest BCUT2D eigenvalue weighted by Crippen LogP contribution is 2.70. The molecule has 0 unspecified atom stereocenters. The minimum atomic E-state index is -1.61. The molecule has 6 fully saturated rings. The molecule has 1 aromatic rings. The Balaban J connectivity index is 0.861. The molecular formula is C48H61BrFN3O12. The van der Waals surface area contributed by atoms with E-state index in [-0.39, 0.29) is 83.7 Å². The van der Waals surface area contributed by atoms with Crippen molar-refractivity contribution in [3.8, 4) is 5.75 Å². The predicted molar refractivity (Wildman–Crippen MR) is 234 cm³/mol. The van der Waals surface area contributed by atoms with Crippen molar-refractivity contribution < 1.29 is 62.3 Å². The van der Waals surface area contributed by atoms with Crippen molar-refractivity contribution in [2.45, 2.75) is 147 Å². The number of nitrogens with one attached hydrogen (secondary N) is 3. The molecule has 8 rings (SSSR count). The Labute approximate surface area is 386 Å². The SMILES string of the molecule is CC(C)(C)OC(=O)CC[C@H](NC(=O)CNC(=O)CBr)C(=O)NC1CC2(C1)CC(Oc1ccc([C@@H]3O[C@@H]4C[C@H]5[C@@H]6CCC7=CC(=O)C=C[C@]7(C)[C@H]6[C@@H](O)C[C@]5(C)[C@]4(C(=O)CO)O3)c(F)c1)C2. The molecule has 65 heavy (non-hydrogen) atoms. The van der Waals surface area contributed by atoms with Crippen molar-refractivity contribution in [3.63, 3.8) is 0 Å². The molecule has 6 aliphatic carbocycles. The van der Waals surface area contributed by atoms with Gasteiger partial charge in [0.1, 0.15) is 29.8 Å². The normalized spacial score (nSPS) is 36.9. The van der Waals surface area contributed by atoms with Gasteiger partial charge in [-0.3, -0.25) is 28.8 Å². The van der Waals surface area contributed by atoms with Crippen LogP contribution in [0.5, 0.6) is 5.75 Å². The lowest BCUT2D eigenvalue weighted by Gasteiger charge is -2.59. The number of halogens is 2. The fourth-order valence-electron chi connectivity index (χ4n) is 12.9. The first kappa shape index (κ1) is 47.5. The van der Waals surface area contributed by atoms with Crippen LogP contribution in [0.4, 0.5) is 4.39 Å². The highest BCUT2D eigenvalue weighted by Gasteiger charge is 2.76. The van der Waals surface area contributed by atoms with Crippen LogP contribution in [0.2, 0.25) is 0 Å². The van der Waals surface area contributed by atoms with Crippen LogP contribution in [-0.4, -0.2) is 106 Å². The van der Waals surface area contributed by atoms with E-state index in [9.17, 15) is 39.0 Å². The van der Waals surface area contributed by atoms with Crippen LogP contribution in [-0.2, 0) is 43.0 Å². The Kier molecular flexibility index (Phi) is 12.8. The zero-order chi connectivity index (χ0) is 46.9. The summed E-state index contributed by atoms with van der Waals surface area (Å²) in [5.74, 6) is -3.12. The van der Waals surface area contributed by atoms with Gasteiger partial charge < -0.3 is 45.1 Å². The molecule has 3 amide bonds. The van der Waals surface area contributed by atoms with E-state index in [4.69, 9.17) is 18.9 Å². The summed E-state index contributed by atoms with van der Waals surface area (Å²) in [5.41, 5.74) is -2.70. The second-order valence-corrected chi connectivity index (χ2v) is 21.5. The Bertz CT molecular complexity index is 2180. The van der Waals surface area contributed by atoms with Gasteiger partial charge in [0.15, 0.2) is 23.5 Å². The van der Waals surface area contributed by atoms with Crippen molar-refractivity contribution in [3.05, 3.63) is 53.4 Å². The van der Waals surface area contributed by atoms with E-state index in [1.165, 1.54) is 12.1 Å². The van der Waals surface area contributed by atoms with E-state index >= 15 is 4.39 Å². The maximum absolute atomic E-state index is 16.0. The number of aliphatic hydroxyl groups excluding tert-OH is 2. The van der Waals surface area contributed by atoms with E-state index < -0.39 is 82.6 Å². The van der Waals surface area contributed by atoms with Gasteiger partial charge in [0, 0.05) is 40.8 Å². The number of aliphatic hydroxyl groups is 2. The fraction of sp³-hybridized carbons (Fsp3) is 0.667. The summed E-state index contributed by atoms with van der Waals surface area (Å²) in [5, 5.41) is 30.3. The smallest absolute Gasteiger partial charge is 0.306 e. The van der Waals surface area contributed by atoms with Gasteiger partial charge >= 0.3 is 5.97 Å². The van der Waals surface area contributed by atoms with Gasteiger partial charge in [-0.25, -0.2) is 4.39 Å². The number of esters is 1. The Morgan fingerprint density at radius 3 is 2.48 bits per heavy atom. The second kappa shape index (κ2) is 17.6. The number of hydrogen-bond acceptors (Lipinski definition) is 12. The molecule has 1 aromatic carbocycles. The molecule has 1 aliphatic heterocycles. The molecule has 5 saturated carbocycles. The summed E-state index contributed by atoms with van der Waals surface area (Å²) >= 11 is 3.02. The number of benzene rings is 1. The van der Waals surface area contributed by atoms with Gasteiger partial charge in [0.25, 0.3) is 0 Å². The predicted octanol–water partition coefficient (Wildman–Crippen LogP) is 4.35. The van der Waals surface area contributed by atoms with Gasteiger partial charge in [-0.05, 0) is 120 Å². The molecule has 15 nitrogen and oxygen atoms in total. The molecular weight excluding hydrogens is 909 g/mol. The van der Waals surface area contributed by atoms with Gasteiger partial charge in [-0.15, -0.1) is 0 Å². The maximum Gasteiger partial charge on any atom is 0.306 e. The molecule has 0 aromatic heterocycles. The first-order chi connectivity index (χ1) is 30.6. The van der Waals surface area contributed by atoms with Crippen molar-refractivity contribution in [1.29, 1.82) is 0 Å². The lowest BCUT2D eigenvalue weighted by molar-refractivity contribution is -0.201. The lowest BCUT2D eigenvalue weighted by Crippen LogP contribution is -2.63. The molecule has 354 valence electrons. The van der Waals surface area contributed by atoms with E-state index in [0.717, 1.165) is 12.0 Å². The quantitative estimate of drug-likeness (QED) is 0.130. The van der Waals surface area contributed by atoms with Crippen molar-refractivity contribution in [2.24, 2.45) is 34.0 Å². The van der Waals surface area contributed by atoms with Crippen LogP contribution >= 0.6 is 15.9 Å². The minimum Gasteiger partial charge on any atom is -0.490 e. The third-order valence-corrected chi connectivity index (χ3v) is 16.1. The van der Waals surface area contributed by atoms with Crippen LogP contribution in [0.1, 0.15) is 111 Å². The standard InChI is InChI=1S/C48H61BrFN3O12/c1-44(2,3)64-40(60)11-10-34(53-39(59)23-51-38(58)22-49)42(61)52-26-17-47(18-26)19-29(20-47)62-28-7-9-31(33(50)15-28)43-63-37-16-32-30-8-6-25-14-27(55)12-13-45(25,4)41(30)35(56)21-46(32,5)48(37,65-43)36(57)24-54/h7,9,12-15,26,29-30,32,34-35,37,41,43,54,56H,6,8,10-11,16-24H2,1-5H3,(H,51,58)(H,52,61)(H,53,59)/t26?,29?,30-,32-,34-,35-,37+,41+,43+,45-,46-,47?,48+/m0/s1. The molecule has 7 aliphatic rings. The average molecular weight is 971 g/mol. The number of hydrogen-bond donors (Lipinski definition) is 5. The number of rotatable bonds is 14. The molecule has 0 radical (unpaired) electrons. The highest BCUT2D eigenvalue weighted by atomic mass is 79.9.